The first kappa shape index (κ1) is 23.6. The average molecular weight is 496 g/mol. The molecular formula is C22H18ClN7O5. The van der Waals surface area contributed by atoms with Crippen molar-refractivity contribution in [3.8, 4) is 11.6 Å². The number of nitrogens with zero attached hydrogens (tertiary/aromatic N) is 6. The summed E-state index contributed by atoms with van der Waals surface area (Å²) >= 11 is 5.83. The van der Waals surface area contributed by atoms with Crippen LogP contribution >= 0.6 is 11.6 Å². The first-order valence-electron chi connectivity index (χ1n) is 10.3. The number of aromatic nitrogens is 6. The van der Waals surface area contributed by atoms with Crippen molar-refractivity contribution in [3.63, 3.8) is 0 Å². The molecule has 0 radical (unpaired) electrons. The van der Waals surface area contributed by atoms with Crippen molar-refractivity contribution in [3.05, 3.63) is 98.0 Å². The van der Waals surface area contributed by atoms with E-state index in [-0.39, 0.29) is 30.3 Å². The number of ether oxygens (including phenoxy) is 1. The maximum absolute atomic E-state index is 12.9. The lowest BCUT2D eigenvalue weighted by molar-refractivity contribution is 0.0689. The highest BCUT2D eigenvalue weighted by molar-refractivity contribution is 6.30. The van der Waals surface area contributed by atoms with E-state index in [1.165, 1.54) is 35.2 Å². The van der Waals surface area contributed by atoms with Crippen LogP contribution in [0.3, 0.4) is 0 Å². The van der Waals surface area contributed by atoms with Gasteiger partial charge in [0.05, 0.1) is 17.3 Å². The highest BCUT2D eigenvalue weighted by atomic mass is 35.5. The number of carboxylic acid groups (broad SMARTS) is 1. The Morgan fingerprint density at radius 3 is 2.49 bits per heavy atom. The van der Waals surface area contributed by atoms with E-state index in [0.717, 1.165) is 4.57 Å². The van der Waals surface area contributed by atoms with E-state index >= 15 is 0 Å². The van der Waals surface area contributed by atoms with Crippen LogP contribution in [0, 0.1) is 0 Å². The fourth-order valence-electron chi connectivity index (χ4n) is 3.05. The van der Waals surface area contributed by atoms with Crippen molar-refractivity contribution in [1.29, 1.82) is 0 Å². The Hall–Kier alpha value is -4.58. The van der Waals surface area contributed by atoms with Gasteiger partial charge in [-0.25, -0.2) is 38.9 Å². The number of pyridine rings is 1. The molecule has 0 spiro atoms. The monoisotopic (exact) mass is 495 g/mol. The Labute approximate surface area is 201 Å². The molecule has 0 unspecified atom stereocenters. The third-order valence-corrected chi connectivity index (χ3v) is 4.90. The van der Waals surface area contributed by atoms with E-state index in [2.05, 4.69) is 24.9 Å². The number of carboxylic acids is 1. The largest absolute Gasteiger partial charge is 0.477 e. The predicted octanol–water partition coefficient (Wildman–Crippen LogP) is 1.97. The van der Waals surface area contributed by atoms with Gasteiger partial charge < -0.3 is 9.84 Å². The summed E-state index contributed by atoms with van der Waals surface area (Å²) in [6, 6.07) is 10.8. The Morgan fingerprint density at radius 1 is 1.11 bits per heavy atom. The number of hydrogen-bond donors (Lipinski definition) is 2. The van der Waals surface area contributed by atoms with Crippen molar-refractivity contribution in [2.24, 2.45) is 4.99 Å². The number of benzene rings is 1. The second kappa shape index (κ2) is 10.1. The first-order valence-corrected chi connectivity index (χ1v) is 10.6. The number of aromatic carboxylic acids is 1. The standard InChI is InChI=1S/C22H18ClN7O5/c1-2-29-21(33)28-20(30(22(29)34)12-17-24-10-13(23)11-25-17)26-14-6-8-15(9-7-14)35-18-5-3-4-16(27-18)19(31)32/h3-11H,2,12H2,1H3,(H,31,32)(H,26,28,33). The quantitative estimate of drug-likeness (QED) is 0.394. The summed E-state index contributed by atoms with van der Waals surface area (Å²) in [6.07, 6.45) is 2.82. The van der Waals surface area contributed by atoms with Crippen molar-refractivity contribution < 1.29 is 14.6 Å². The molecule has 4 aromatic rings. The van der Waals surface area contributed by atoms with Crippen LogP contribution in [0.1, 0.15) is 23.2 Å². The number of halogens is 1. The van der Waals surface area contributed by atoms with Gasteiger partial charge in [0.1, 0.15) is 11.6 Å². The minimum atomic E-state index is -1.17. The zero-order chi connectivity index (χ0) is 24.9. The molecule has 4 rings (SSSR count). The molecule has 2 N–H and O–H groups in total. The molecule has 12 nitrogen and oxygen atoms in total. The number of hydrogen-bond acceptors (Lipinski definition) is 8. The van der Waals surface area contributed by atoms with Crippen LogP contribution in [0.4, 0.5) is 5.69 Å². The second-order valence-corrected chi connectivity index (χ2v) is 7.49. The van der Waals surface area contributed by atoms with Gasteiger partial charge in [0.2, 0.25) is 11.5 Å². The van der Waals surface area contributed by atoms with E-state index in [0.29, 0.717) is 22.3 Å². The molecule has 0 aliphatic carbocycles. The molecule has 1 aromatic carbocycles. The molecule has 35 heavy (non-hydrogen) atoms. The fourth-order valence-corrected chi connectivity index (χ4v) is 3.15. The van der Waals surface area contributed by atoms with Crippen LogP contribution in [0.15, 0.2) is 69.4 Å². The lowest BCUT2D eigenvalue weighted by Gasteiger charge is -2.09. The van der Waals surface area contributed by atoms with Crippen molar-refractivity contribution in [1.82, 2.24) is 29.1 Å². The SMILES string of the molecule is CCn1c(=O)[nH]/c(=N\c2ccc(Oc3cccc(C(=O)O)n3)cc2)n(Cc2ncc(Cl)cn2)c1=O. The molecule has 3 heterocycles. The maximum atomic E-state index is 12.9. The highest BCUT2D eigenvalue weighted by Crippen LogP contribution is 2.22. The maximum Gasteiger partial charge on any atom is 0.354 e. The summed E-state index contributed by atoms with van der Waals surface area (Å²) in [6.45, 7) is 1.80. The molecule has 0 saturated carbocycles. The van der Waals surface area contributed by atoms with Crippen LogP contribution in [-0.2, 0) is 13.1 Å². The third-order valence-electron chi connectivity index (χ3n) is 4.71. The summed E-state index contributed by atoms with van der Waals surface area (Å²) < 4.78 is 7.88. The first-order chi connectivity index (χ1) is 16.8. The van der Waals surface area contributed by atoms with E-state index < -0.39 is 17.3 Å². The molecule has 0 bridgehead atoms. The topological polar surface area (TPSA) is 157 Å². The highest BCUT2D eigenvalue weighted by Gasteiger charge is 2.11. The Kier molecular flexibility index (Phi) is 6.83. The molecule has 0 fully saturated rings. The summed E-state index contributed by atoms with van der Waals surface area (Å²) in [4.78, 5) is 55.5. The lowest BCUT2D eigenvalue weighted by atomic mass is 10.3. The van der Waals surface area contributed by atoms with Gasteiger partial charge in [-0.3, -0.25) is 9.55 Å². The number of nitrogens with one attached hydrogen (secondary N) is 1. The second-order valence-electron chi connectivity index (χ2n) is 7.06. The fraction of sp³-hybridized carbons (Fsp3) is 0.136. The van der Waals surface area contributed by atoms with Gasteiger partial charge in [-0.2, -0.15) is 0 Å². The van der Waals surface area contributed by atoms with Gasteiger partial charge >= 0.3 is 17.3 Å². The Bertz CT molecular complexity index is 1560. The van der Waals surface area contributed by atoms with Gasteiger partial charge in [0.15, 0.2) is 5.69 Å². The predicted molar refractivity (Wildman–Crippen MR) is 124 cm³/mol. The number of rotatable bonds is 7. The van der Waals surface area contributed by atoms with Crippen LogP contribution in [0.5, 0.6) is 11.6 Å². The minimum absolute atomic E-state index is 0.00717. The van der Waals surface area contributed by atoms with E-state index in [1.54, 1.807) is 31.2 Å². The molecule has 0 atom stereocenters. The van der Waals surface area contributed by atoms with Gasteiger partial charge in [-0.05, 0) is 37.3 Å². The molecule has 13 heteroatoms. The van der Waals surface area contributed by atoms with Crippen LogP contribution in [0.2, 0.25) is 5.02 Å². The number of carbonyl (C=O) groups is 1. The third kappa shape index (κ3) is 5.50. The number of aromatic amines is 1. The van der Waals surface area contributed by atoms with Gasteiger partial charge in [-0.15, -0.1) is 0 Å². The Morgan fingerprint density at radius 2 is 1.83 bits per heavy atom. The summed E-state index contributed by atoms with van der Waals surface area (Å²) in [5.41, 5.74) is -0.895. The average Bonchev–Trinajstić information content (AvgIpc) is 2.84. The zero-order valence-corrected chi connectivity index (χ0v) is 19.0. The molecule has 3 aromatic heterocycles. The van der Waals surface area contributed by atoms with E-state index in [4.69, 9.17) is 21.4 Å². The molecule has 0 aliphatic heterocycles. The number of H-pyrrole nitrogens is 1. The molecule has 0 saturated heterocycles. The van der Waals surface area contributed by atoms with Crippen LogP contribution in [0.25, 0.3) is 0 Å². The van der Waals surface area contributed by atoms with Gasteiger partial charge in [-0.1, -0.05) is 17.7 Å². The summed E-state index contributed by atoms with van der Waals surface area (Å²) in [5, 5.41) is 9.41. The summed E-state index contributed by atoms with van der Waals surface area (Å²) in [5.74, 6) is -0.359. The van der Waals surface area contributed by atoms with E-state index in [9.17, 15) is 14.4 Å². The molecule has 0 aliphatic rings. The lowest BCUT2D eigenvalue weighted by Crippen LogP contribution is -2.49. The van der Waals surface area contributed by atoms with Crippen molar-refractivity contribution in [2.75, 3.05) is 0 Å². The molecule has 0 amide bonds. The summed E-state index contributed by atoms with van der Waals surface area (Å²) in [7, 11) is 0. The Balaban J connectivity index is 1.68. The molecule has 178 valence electrons. The van der Waals surface area contributed by atoms with Crippen LogP contribution < -0.4 is 21.7 Å². The van der Waals surface area contributed by atoms with Crippen LogP contribution in [-0.4, -0.2) is 40.1 Å². The normalized spacial score (nSPS) is 11.4. The minimum Gasteiger partial charge on any atom is -0.477 e. The smallest absolute Gasteiger partial charge is 0.354 e. The van der Waals surface area contributed by atoms with Crippen molar-refractivity contribution in [2.45, 2.75) is 20.0 Å². The van der Waals surface area contributed by atoms with Gasteiger partial charge in [0.25, 0.3) is 0 Å². The van der Waals surface area contributed by atoms with E-state index in [1.807, 2.05) is 0 Å². The molecular weight excluding hydrogens is 478 g/mol. The zero-order valence-electron chi connectivity index (χ0n) is 18.3. The van der Waals surface area contributed by atoms with Gasteiger partial charge in [0, 0.05) is 25.0 Å². The van der Waals surface area contributed by atoms with Crippen molar-refractivity contribution >= 4 is 23.3 Å².